The first-order valence-electron chi connectivity index (χ1n) is 10.9. The molecule has 1 aliphatic heterocycles. The highest BCUT2D eigenvalue weighted by molar-refractivity contribution is 5.82. The van der Waals surface area contributed by atoms with Crippen LogP contribution in [0.5, 0.6) is 0 Å². The minimum Gasteiger partial charge on any atom is -0.370 e. The third-order valence-corrected chi connectivity index (χ3v) is 5.49. The van der Waals surface area contributed by atoms with Crippen LogP contribution in [0.1, 0.15) is 44.1 Å². The average molecular weight is 417 g/mol. The van der Waals surface area contributed by atoms with Gasteiger partial charge in [0.15, 0.2) is 5.96 Å². The Morgan fingerprint density at radius 2 is 1.80 bits per heavy atom. The van der Waals surface area contributed by atoms with Crippen LogP contribution in [-0.2, 0) is 16.0 Å². The van der Waals surface area contributed by atoms with Crippen molar-refractivity contribution in [1.82, 2.24) is 10.2 Å². The second kappa shape index (κ2) is 12.8. The quantitative estimate of drug-likeness (QED) is 0.239. The number of benzene rings is 1. The summed E-state index contributed by atoms with van der Waals surface area (Å²) in [6.45, 7) is 2.68. The molecular weight excluding hydrogens is 380 g/mol. The van der Waals surface area contributed by atoms with Crippen molar-refractivity contribution in [3.63, 3.8) is 0 Å². The molecule has 0 aromatic heterocycles. The number of amides is 2. The van der Waals surface area contributed by atoms with Crippen LogP contribution in [0.3, 0.4) is 0 Å². The van der Waals surface area contributed by atoms with Crippen LogP contribution in [0.2, 0.25) is 0 Å². The molecule has 0 saturated carbocycles. The summed E-state index contributed by atoms with van der Waals surface area (Å²) in [5, 5.41) is 3.03. The van der Waals surface area contributed by atoms with Gasteiger partial charge < -0.3 is 27.4 Å². The molecule has 0 radical (unpaired) electrons. The fourth-order valence-electron chi connectivity index (χ4n) is 3.68. The van der Waals surface area contributed by atoms with Gasteiger partial charge in [-0.05, 0) is 43.6 Å². The molecule has 0 unspecified atom stereocenters. The number of hydrogen-bond donors (Lipinski definition) is 4. The van der Waals surface area contributed by atoms with Crippen molar-refractivity contribution in [3.8, 4) is 0 Å². The highest BCUT2D eigenvalue weighted by Gasteiger charge is 2.26. The molecule has 2 amide bonds. The van der Waals surface area contributed by atoms with Crippen molar-refractivity contribution < 1.29 is 9.59 Å². The van der Waals surface area contributed by atoms with Crippen molar-refractivity contribution in [1.29, 1.82) is 0 Å². The van der Waals surface area contributed by atoms with E-state index in [1.807, 2.05) is 35.2 Å². The zero-order valence-electron chi connectivity index (χ0n) is 17.8. The molecule has 1 saturated heterocycles. The fourth-order valence-corrected chi connectivity index (χ4v) is 3.68. The molecule has 8 nitrogen and oxygen atoms in total. The van der Waals surface area contributed by atoms with Crippen LogP contribution >= 0.6 is 0 Å². The maximum absolute atomic E-state index is 12.6. The summed E-state index contributed by atoms with van der Waals surface area (Å²) in [6.07, 6.45) is 5.50. The summed E-state index contributed by atoms with van der Waals surface area (Å²) in [5.74, 6) is 0.617. The Morgan fingerprint density at radius 3 is 2.47 bits per heavy atom. The van der Waals surface area contributed by atoms with Gasteiger partial charge in [0.1, 0.15) is 0 Å². The molecule has 0 aliphatic carbocycles. The molecule has 8 heteroatoms. The molecule has 1 heterocycles. The zero-order chi connectivity index (χ0) is 21.8. The lowest BCUT2D eigenvalue weighted by Crippen LogP contribution is -2.49. The third kappa shape index (κ3) is 8.82. The first-order chi connectivity index (χ1) is 14.5. The number of hydrogen-bond acceptors (Lipinski definition) is 4. The Balaban J connectivity index is 1.58. The van der Waals surface area contributed by atoms with Gasteiger partial charge in [0, 0.05) is 32.6 Å². The van der Waals surface area contributed by atoms with E-state index in [2.05, 4.69) is 10.3 Å². The molecule has 1 aromatic carbocycles. The average Bonchev–Trinajstić information content (AvgIpc) is 2.75. The van der Waals surface area contributed by atoms with Crippen molar-refractivity contribution in [3.05, 3.63) is 35.9 Å². The number of unbranched alkanes of at least 4 members (excludes halogenated alkanes) is 2. The van der Waals surface area contributed by atoms with E-state index < -0.39 is 6.04 Å². The van der Waals surface area contributed by atoms with E-state index in [0.29, 0.717) is 44.9 Å². The number of carbonyl (C=O) groups is 2. The molecule has 7 N–H and O–H groups in total. The molecule has 1 atom stereocenters. The van der Waals surface area contributed by atoms with Crippen LogP contribution in [0.15, 0.2) is 35.3 Å². The Morgan fingerprint density at radius 1 is 1.10 bits per heavy atom. The number of aliphatic imine (C=N–C) groups is 1. The Kier molecular flexibility index (Phi) is 10.1. The van der Waals surface area contributed by atoms with Crippen molar-refractivity contribution in [2.75, 3.05) is 26.2 Å². The Bertz CT molecular complexity index is 682. The van der Waals surface area contributed by atoms with Gasteiger partial charge in [-0.15, -0.1) is 0 Å². The van der Waals surface area contributed by atoms with Gasteiger partial charge in [0.05, 0.1) is 6.04 Å². The lowest BCUT2D eigenvalue weighted by atomic mass is 9.95. The van der Waals surface area contributed by atoms with Crippen LogP contribution in [-0.4, -0.2) is 54.9 Å². The van der Waals surface area contributed by atoms with E-state index >= 15 is 0 Å². The standard InChI is InChI=1S/C22H36N6O2/c23-19(15-17-7-3-1-4-8-17)21(30)28-13-10-18(11-14-28)16-27-20(29)9-5-2-6-12-26-22(24)25/h1,3-4,7-8,18-19H,2,5-6,9-16,23H2,(H,27,29)(H4,24,25,26)/t19-/m0/s1. The molecule has 166 valence electrons. The third-order valence-electron chi connectivity index (χ3n) is 5.49. The van der Waals surface area contributed by atoms with Crippen LogP contribution in [0.4, 0.5) is 0 Å². The van der Waals surface area contributed by atoms with Crippen molar-refractivity contribution in [2.24, 2.45) is 28.1 Å². The van der Waals surface area contributed by atoms with E-state index in [9.17, 15) is 9.59 Å². The summed E-state index contributed by atoms with van der Waals surface area (Å²) in [7, 11) is 0. The Labute approximate surface area is 179 Å². The largest absolute Gasteiger partial charge is 0.370 e. The molecule has 0 spiro atoms. The predicted octanol–water partition coefficient (Wildman–Crippen LogP) is 0.745. The number of piperidine rings is 1. The highest BCUT2D eigenvalue weighted by Crippen LogP contribution is 2.18. The van der Waals surface area contributed by atoms with Crippen molar-refractivity contribution >= 4 is 17.8 Å². The molecule has 0 bridgehead atoms. The van der Waals surface area contributed by atoms with Gasteiger partial charge in [0.25, 0.3) is 0 Å². The minimum absolute atomic E-state index is 0.0158. The molecule has 1 fully saturated rings. The van der Waals surface area contributed by atoms with E-state index in [1.165, 1.54) is 0 Å². The van der Waals surface area contributed by atoms with Crippen LogP contribution in [0.25, 0.3) is 0 Å². The number of nitrogens with one attached hydrogen (secondary N) is 1. The summed E-state index contributed by atoms with van der Waals surface area (Å²) in [5.41, 5.74) is 17.8. The van der Waals surface area contributed by atoms with E-state index in [1.54, 1.807) is 0 Å². The van der Waals surface area contributed by atoms with Gasteiger partial charge in [-0.2, -0.15) is 0 Å². The van der Waals surface area contributed by atoms with E-state index in [4.69, 9.17) is 17.2 Å². The first kappa shape index (κ1) is 23.7. The topological polar surface area (TPSA) is 140 Å². The smallest absolute Gasteiger partial charge is 0.239 e. The monoisotopic (exact) mass is 416 g/mol. The van der Waals surface area contributed by atoms with Gasteiger partial charge in [0.2, 0.25) is 11.8 Å². The number of guanidine groups is 1. The first-order valence-corrected chi connectivity index (χ1v) is 10.9. The SMILES string of the molecule is NC(N)=NCCCCCC(=O)NCC1CCN(C(=O)[C@@H](N)Cc2ccccc2)CC1. The normalized spacial score (nSPS) is 15.4. The second-order valence-electron chi connectivity index (χ2n) is 7.99. The predicted molar refractivity (Wildman–Crippen MR) is 120 cm³/mol. The summed E-state index contributed by atoms with van der Waals surface area (Å²) >= 11 is 0. The van der Waals surface area contributed by atoms with Gasteiger partial charge in [-0.25, -0.2) is 0 Å². The number of likely N-dealkylation sites (tertiary alicyclic amines) is 1. The lowest BCUT2D eigenvalue weighted by Gasteiger charge is -2.33. The van der Waals surface area contributed by atoms with Crippen LogP contribution in [0, 0.1) is 5.92 Å². The lowest BCUT2D eigenvalue weighted by molar-refractivity contribution is -0.134. The van der Waals surface area contributed by atoms with Crippen molar-refractivity contribution in [2.45, 2.75) is 51.0 Å². The zero-order valence-corrected chi connectivity index (χ0v) is 17.8. The highest BCUT2D eigenvalue weighted by atomic mass is 16.2. The van der Waals surface area contributed by atoms with E-state index in [-0.39, 0.29) is 17.8 Å². The second-order valence-corrected chi connectivity index (χ2v) is 7.99. The van der Waals surface area contributed by atoms with E-state index in [0.717, 1.165) is 37.7 Å². The molecular formula is C22H36N6O2. The summed E-state index contributed by atoms with van der Waals surface area (Å²) in [6, 6.07) is 9.35. The Hall–Kier alpha value is -2.61. The minimum atomic E-state index is -0.504. The maximum Gasteiger partial charge on any atom is 0.239 e. The maximum atomic E-state index is 12.6. The van der Waals surface area contributed by atoms with Gasteiger partial charge in [-0.1, -0.05) is 36.8 Å². The fraction of sp³-hybridized carbons (Fsp3) is 0.591. The van der Waals surface area contributed by atoms with Gasteiger partial charge >= 0.3 is 0 Å². The molecule has 1 aromatic rings. The number of nitrogens with zero attached hydrogens (tertiary/aromatic N) is 2. The summed E-state index contributed by atoms with van der Waals surface area (Å²) < 4.78 is 0. The summed E-state index contributed by atoms with van der Waals surface area (Å²) in [4.78, 5) is 30.4. The number of nitrogens with two attached hydrogens (primary N) is 3. The number of rotatable bonds is 11. The molecule has 1 aliphatic rings. The molecule has 30 heavy (non-hydrogen) atoms. The van der Waals surface area contributed by atoms with Crippen LogP contribution < -0.4 is 22.5 Å². The molecule has 2 rings (SSSR count). The number of carbonyl (C=O) groups excluding carboxylic acids is 2. The van der Waals surface area contributed by atoms with Gasteiger partial charge in [-0.3, -0.25) is 14.6 Å².